The van der Waals surface area contributed by atoms with Crippen LogP contribution < -0.4 is 0 Å². The van der Waals surface area contributed by atoms with Gasteiger partial charge in [0.25, 0.3) is 0 Å². The normalized spacial score (nSPS) is 19.3. The zero-order chi connectivity index (χ0) is 11.3. The summed E-state index contributed by atoms with van der Waals surface area (Å²) >= 11 is 0. The van der Waals surface area contributed by atoms with Gasteiger partial charge in [-0.15, -0.1) is 0 Å². The van der Waals surface area contributed by atoms with E-state index in [1.54, 1.807) is 0 Å². The fourth-order valence-corrected chi connectivity index (χ4v) is 2.02. The molecule has 0 radical (unpaired) electrons. The van der Waals surface area contributed by atoms with Gasteiger partial charge in [0.15, 0.2) is 0 Å². The second kappa shape index (κ2) is 6.11. The second-order valence-electron chi connectivity index (χ2n) is 4.61. The van der Waals surface area contributed by atoms with E-state index in [-0.39, 0.29) is 0 Å². The molecule has 88 valence electrons. The quantitative estimate of drug-likeness (QED) is 0.714. The van der Waals surface area contributed by atoms with Crippen molar-refractivity contribution in [1.82, 2.24) is 4.90 Å². The van der Waals surface area contributed by atoms with Crippen LogP contribution in [-0.4, -0.2) is 37.1 Å². The van der Waals surface area contributed by atoms with Crippen molar-refractivity contribution in [2.45, 2.75) is 33.6 Å². The Morgan fingerprint density at radius 1 is 1.33 bits per heavy atom. The van der Waals surface area contributed by atoms with E-state index in [9.17, 15) is 4.79 Å². The molecule has 1 atom stereocenters. The second-order valence-corrected chi connectivity index (χ2v) is 4.61. The molecule has 0 bridgehead atoms. The lowest BCUT2D eigenvalue weighted by atomic mass is 9.89. The molecule has 3 heteroatoms. The molecule has 1 unspecified atom stereocenters. The molecule has 1 fully saturated rings. The van der Waals surface area contributed by atoms with E-state index in [4.69, 9.17) is 4.74 Å². The first-order chi connectivity index (χ1) is 7.15. The molecule has 1 amide bonds. The van der Waals surface area contributed by atoms with E-state index in [0.29, 0.717) is 37.4 Å². The molecular formula is C12H23NO2. The number of ether oxygens (including phenoxy) is 1. The summed E-state index contributed by atoms with van der Waals surface area (Å²) in [6.07, 6.45) is 1.79. The number of nitrogens with zero attached hydrogens (tertiary/aromatic N) is 1. The molecule has 0 aromatic heterocycles. The van der Waals surface area contributed by atoms with Crippen molar-refractivity contribution in [3.05, 3.63) is 0 Å². The van der Waals surface area contributed by atoms with Gasteiger partial charge in [0.05, 0.1) is 13.2 Å². The van der Waals surface area contributed by atoms with Crippen molar-refractivity contribution in [1.29, 1.82) is 0 Å². The van der Waals surface area contributed by atoms with Crippen molar-refractivity contribution in [2.24, 2.45) is 11.8 Å². The minimum absolute atomic E-state index is 0.304. The van der Waals surface area contributed by atoms with Crippen molar-refractivity contribution in [3.63, 3.8) is 0 Å². The van der Waals surface area contributed by atoms with E-state index in [0.717, 1.165) is 19.5 Å². The number of morpholine rings is 1. The standard InChI is InChI=1S/C12H23NO2/c1-4-11(10(2)3)9-12(14)13-5-7-15-8-6-13/h10-11H,4-9H2,1-3H3. The van der Waals surface area contributed by atoms with Gasteiger partial charge in [-0.25, -0.2) is 0 Å². The van der Waals surface area contributed by atoms with Crippen LogP contribution in [0.5, 0.6) is 0 Å². The van der Waals surface area contributed by atoms with Gasteiger partial charge in [-0.2, -0.15) is 0 Å². The highest BCUT2D eigenvalue weighted by molar-refractivity contribution is 5.76. The van der Waals surface area contributed by atoms with Crippen LogP contribution >= 0.6 is 0 Å². The molecule has 0 aromatic carbocycles. The summed E-state index contributed by atoms with van der Waals surface area (Å²) < 4.78 is 5.23. The van der Waals surface area contributed by atoms with E-state index in [2.05, 4.69) is 20.8 Å². The third kappa shape index (κ3) is 3.82. The Bertz CT molecular complexity index is 198. The van der Waals surface area contributed by atoms with Crippen LogP contribution in [0.1, 0.15) is 33.6 Å². The van der Waals surface area contributed by atoms with Crippen molar-refractivity contribution < 1.29 is 9.53 Å². The maximum Gasteiger partial charge on any atom is 0.223 e. The summed E-state index contributed by atoms with van der Waals surface area (Å²) in [5, 5.41) is 0. The summed E-state index contributed by atoms with van der Waals surface area (Å²) in [6.45, 7) is 9.49. The molecule has 0 spiro atoms. The molecular weight excluding hydrogens is 190 g/mol. The molecule has 0 aliphatic carbocycles. The third-order valence-electron chi connectivity index (χ3n) is 3.27. The SMILES string of the molecule is CCC(CC(=O)N1CCOCC1)C(C)C. The maximum absolute atomic E-state index is 11.9. The lowest BCUT2D eigenvalue weighted by Gasteiger charge is -2.29. The van der Waals surface area contributed by atoms with Gasteiger partial charge in [-0.05, 0) is 11.8 Å². The Labute approximate surface area is 92.8 Å². The van der Waals surface area contributed by atoms with Gasteiger partial charge in [-0.3, -0.25) is 4.79 Å². The van der Waals surface area contributed by atoms with Crippen LogP contribution in [0.25, 0.3) is 0 Å². The van der Waals surface area contributed by atoms with Crippen molar-refractivity contribution in [3.8, 4) is 0 Å². The van der Waals surface area contributed by atoms with E-state index in [1.807, 2.05) is 4.90 Å². The first-order valence-corrected chi connectivity index (χ1v) is 6.00. The zero-order valence-corrected chi connectivity index (χ0v) is 10.2. The van der Waals surface area contributed by atoms with Gasteiger partial charge in [-0.1, -0.05) is 27.2 Å². The number of rotatable bonds is 4. The fraction of sp³-hybridized carbons (Fsp3) is 0.917. The summed E-state index contributed by atoms with van der Waals surface area (Å²) in [5.41, 5.74) is 0. The Hall–Kier alpha value is -0.570. The first kappa shape index (κ1) is 12.5. The minimum Gasteiger partial charge on any atom is -0.378 e. The maximum atomic E-state index is 11.9. The van der Waals surface area contributed by atoms with Gasteiger partial charge in [0.2, 0.25) is 5.91 Å². The molecule has 0 aromatic rings. The minimum atomic E-state index is 0.304. The van der Waals surface area contributed by atoms with Crippen LogP contribution in [0.4, 0.5) is 0 Å². The molecule has 1 aliphatic rings. The largest absolute Gasteiger partial charge is 0.378 e. The van der Waals surface area contributed by atoms with Crippen LogP contribution in [0, 0.1) is 11.8 Å². The Morgan fingerprint density at radius 2 is 1.93 bits per heavy atom. The number of carbonyl (C=O) groups is 1. The average Bonchev–Trinajstić information content (AvgIpc) is 2.26. The van der Waals surface area contributed by atoms with Gasteiger partial charge in [0, 0.05) is 19.5 Å². The van der Waals surface area contributed by atoms with Crippen LogP contribution in [0.3, 0.4) is 0 Å². The van der Waals surface area contributed by atoms with E-state index in [1.165, 1.54) is 0 Å². The predicted octanol–water partition coefficient (Wildman–Crippen LogP) is 1.92. The Morgan fingerprint density at radius 3 is 2.40 bits per heavy atom. The molecule has 1 aliphatic heterocycles. The van der Waals surface area contributed by atoms with Crippen molar-refractivity contribution >= 4 is 5.91 Å². The van der Waals surface area contributed by atoms with Gasteiger partial charge < -0.3 is 9.64 Å². The highest BCUT2D eigenvalue weighted by atomic mass is 16.5. The molecule has 15 heavy (non-hydrogen) atoms. The smallest absolute Gasteiger partial charge is 0.223 e. The highest BCUT2D eigenvalue weighted by Gasteiger charge is 2.21. The summed E-state index contributed by atoms with van der Waals surface area (Å²) in [6, 6.07) is 0. The molecule has 1 rings (SSSR count). The fourth-order valence-electron chi connectivity index (χ4n) is 2.02. The lowest BCUT2D eigenvalue weighted by Crippen LogP contribution is -2.41. The zero-order valence-electron chi connectivity index (χ0n) is 10.2. The number of amides is 1. The lowest BCUT2D eigenvalue weighted by molar-refractivity contribution is -0.136. The predicted molar refractivity (Wildman–Crippen MR) is 60.6 cm³/mol. The van der Waals surface area contributed by atoms with Crippen LogP contribution in [0.2, 0.25) is 0 Å². The van der Waals surface area contributed by atoms with Gasteiger partial charge >= 0.3 is 0 Å². The first-order valence-electron chi connectivity index (χ1n) is 6.00. The van der Waals surface area contributed by atoms with E-state index >= 15 is 0 Å². The number of carbonyl (C=O) groups excluding carboxylic acids is 1. The monoisotopic (exact) mass is 213 g/mol. The summed E-state index contributed by atoms with van der Waals surface area (Å²) in [5.74, 6) is 1.43. The van der Waals surface area contributed by atoms with Crippen molar-refractivity contribution in [2.75, 3.05) is 26.3 Å². The topological polar surface area (TPSA) is 29.5 Å². The number of hydrogen-bond donors (Lipinski definition) is 0. The summed E-state index contributed by atoms with van der Waals surface area (Å²) in [4.78, 5) is 13.9. The molecule has 0 N–H and O–H groups in total. The summed E-state index contributed by atoms with van der Waals surface area (Å²) in [7, 11) is 0. The molecule has 1 saturated heterocycles. The Balaban J connectivity index is 2.38. The molecule has 0 saturated carbocycles. The number of hydrogen-bond acceptors (Lipinski definition) is 2. The van der Waals surface area contributed by atoms with Gasteiger partial charge in [0.1, 0.15) is 0 Å². The highest BCUT2D eigenvalue weighted by Crippen LogP contribution is 2.20. The molecule has 1 heterocycles. The van der Waals surface area contributed by atoms with Crippen LogP contribution in [0.15, 0.2) is 0 Å². The average molecular weight is 213 g/mol. The Kier molecular flexibility index (Phi) is 5.09. The van der Waals surface area contributed by atoms with E-state index < -0.39 is 0 Å². The van der Waals surface area contributed by atoms with Crippen LogP contribution in [-0.2, 0) is 9.53 Å². The third-order valence-corrected chi connectivity index (χ3v) is 3.27. The molecule has 3 nitrogen and oxygen atoms in total.